The Kier molecular flexibility index (Phi) is 4.74. The van der Waals surface area contributed by atoms with Crippen LogP contribution in [0, 0.1) is 6.92 Å². The molecular formula is C20H17N3O3S2. The molecule has 0 radical (unpaired) electrons. The van der Waals surface area contributed by atoms with Crippen molar-refractivity contribution >= 4 is 37.3 Å². The number of pyridine rings is 2. The number of ether oxygens (including phenoxy) is 1. The molecular weight excluding hydrogens is 394 g/mol. The second kappa shape index (κ2) is 7.21. The fourth-order valence-corrected chi connectivity index (χ4v) is 4.95. The van der Waals surface area contributed by atoms with Crippen molar-refractivity contribution < 1.29 is 13.2 Å². The molecule has 0 fully saturated rings. The van der Waals surface area contributed by atoms with Gasteiger partial charge in [-0.2, -0.15) is 0 Å². The van der Waals surface area contributed by atoms with Gasteiger partial charge in [0.15, 0.2) is 0 Å². The highest BCUT2D eigenvalue weighted by atomic mass is 32.2. The van der Waals surface area contributed by atoms with Gasteiger partial charge in [0.05, 0.1) is 20.8 Å². The van der Waals surface area contributed by atoms with Crippen LogP contribution in [0.4, 0.5) is 5.69 Å². The lowest BCUT2D eigenvalue weighted by Gasteiger charge is -2.20. The fourth-order valence-electron chi connectivity index (χ4n) is 2.81. The third-order valence-corrected chi connectivity index (χ3v) is 6.94. The Hall–Kier alpha value is -2.97. The van der Waals surface area contributed by atoms with Crippen molar-refractivity contribution in [3.05, 3.63) is 72.0 Å². The summed E-state index contributed by atoms with van der Waals surface area (Å²) in [6.45, 7) is 1.85. The second-order valence-corrected chi connectivity index (χ2v) is 9.03. The van der Waals surface area contributed by atoms with Gasteiger partial charge in [0, 0.05) is 25.1 Å². The molecule has 3 heterocycles. The van der Waals surface area contributed by atoms with Crippen LogP contribution >= 0.6 is 11.3 Å². The van der Waals surface area contributed by atoms with E-state index in [1.807, 2.05) is 18.4 Å². The summed E-state index contributed by atoms with van der Waals surface area (Å²) in [5.41, 5.74) is 2.18. The van der Waals surface area contributed by atoms with Crippen LogP contribution in [-0.4, -0.2) is 25.4 Å². The summed E-state index contributed by atoms with van der Waals surface area (Å²) < 4.78 is 34.1. The van der Waals surface area contributed by atoms with Crippen molar-refractivity contribution in [2.75, 3.05) is 11.4 Å². The molecule has 0 spiro atoms. The molecule has 0 N–H and O–H groups in total. The molecule has 0 saturated carbocycles. The van der Waals surface area contributed by atoms with Gasteiger partial charge in [-0.1, -0.05) is 0 Å². The van der Waals surface area contributed by atoms with Crippen molar-refractivity contribution in [1.29, 1.82) is 0 Å². The minimum atomic E-state index is -3.72. The van der Waals surface area contributed by atoms with Gasteiger partial charge in [-0.05, 0) is 60.8 Å². The number of sulfonamides is 1. The van der Waals surface area contributed by atoms with E-state index in [2.05, 4.69) is 9.97 Å². The minimum Gasteiger partial charge on any atom is -0.457 e. The Morgan fingerprint density at radius 3 is 2.39 bits per heavy atom. The highest BCUT2D eigenvalue weighted by Gasteiger charge is 2.24. The van der Waals surface area contributed by atoms with E-state index in [0.717, 1.165) is 15.9 Å². The molecule has 0 unspecified atom stereocenters. The molecule has 8 heteroatoms. The fraction of sp³-hybridized carbons (Fsp3) is 0.100. The standard InChI is InChI=1S/C20H17N3O3S2/c1-14-13-19(20-18(22-14)9-12-27-20)23(2)28(24,25)17-5-3-15(4-6-17)26-16-7-10-21-11-8-16/h3-13H,1-2H3. The van der Waals surface area contributed by atoms with Gasteiger partial charge >= 0.3 is 0 Å². The van der Waals surface area contributed by atoms with E-state index in [-0.39, 0.29) is 4.90 Å². The van der Waals surface area contributed by atoms with E-state index in [9.17, 15) is 8.42 Å². The highest BCUT2D eigenvalue weighted by Crippen LogP contribution is 2.34. The number of hydrogen-bond donors (Lipinski definition) is 0. The van der Waals surface area contributed by atoms with Crippen LogP contribution < -0.4 is 9.04 Å². The third-order valence-electron chi connectivity index (χ3n) is 4.23. The Labute approximate surface area is 167 Å². The van der Waals surface area contributed by atoms with Crippen LogP contribution in [0.2, 0.25) is 0 Å². The molecule has 0 aliphatic carbocycles. The monoisotopic (exact) mass is 411 g/mol. The first-order chi connectivity index (χ1) is 13.4. The topological polar surface area (TPSA) is 72.4 Å². The molecule has 0 aliphatic heterocycles. The molecule has 0 aliphatic rings. The zero-order valence-electron chi connectivity index (χ0n) is 15.2. The number of hydrogen-bond acceptors (Lipinski definition) is 6. The lowest BCUT2D eigenvalue weighted by atomic mass is 10.3. The van der Waals surface area contributed by atoms with Gasteiger partial charge in [-0.25, -0.2) is 8.42 Å². The summed E-state index contributed by atoms with van der Waals surface area (Å²) in [5, 5.41) is 1.91. The van der Waals surface area contributed by atoms with E-state index in [1.165, 1.54) is 15.6 Å². The largest absolute Gasteiger partial charge is 0.457 e. The van der Waals surface area contributed by atoms with Crippen molar-refractivity contribution in [3.63, 3.8) is 0 Å². The number of anilines is 1. The van der Waals surface area contributed by atoms with E-state index in [1.54, 1.807) is 61.9 Å². The summed E-state index contributed by atoms with van der Waals surface area (Å²) >= 11 is 1.47. The molecule has 0 saturated heterocycles. The van der Waals surface area contributed by atoms with Crippen molar-refractivity contribution in [1.82, 2.24) is 9.97 Å². The van der Waals surface area contributed by atoms with E-state index in [0.29, 0.717) is 17.2 Å². The normalized spacial score (nSPS) is 11.5. The summed E-state index contributed by atoms with van der Waals surface area (Å²) in [5.74, 6) is 1.18. The SMILES string of the molecule is Cc1cc(N(C)S(=O)(=O)c2ccc(Oc3ccncc3)cc2)c2sccc2n1. The zero-order valence-corrected chi connectivity index (χ0v) is 16.9. The summed E-state index contributed by atoms with van der Waals surface area (Å²) in [4.78, 5) is 8.58. The molecule has 142 valence electrons. The molecule has 6 nitrogen and oxygen atoms in total. The summed E-state index contributed by atoms with van der Waals surface area (Å²) in [7, 11) is -2.16. The summed E-state index contributed by atoms with van der Waals surface area (Å²) in [6, 6.07) is 13.5. The van der Waals surface area contributed by atoms with Crippen LogP contribution in [0.15, 0.2) is 71.2 Å². The minimum absolute atomic E-state index is 0.191. The number of thiophene rings is 1. The second-order valence-electron chi connectivity index (χ2n) is 6.15. The van der Waals surface area contributed by atoms with Gasteiger partial charge in [-0.15, -0.1) is 11.3 Å². The molecule has 0 atom stereocenters. The summed E-state index contributed by atoms with van der Waals surface area (Å²) in [6.07, 6.45) is 3.26. The maximum absolute atomic E-state index is 13.1. The Morgan fingerprint density at radius 1 is 1.00 bits per heavy atom. The Bertz CT molecular complexity index is 1220. The number of fused-ring (bicyclic) bond motifs is 1. The number of benzene rings is 1. The molecule has 4 rings (SSSR count). The average molecular weight is 412 g/mol. The molecule has 0 bridgehead atoms. The van der Waals surface area contributed by atoms with Gasteiger partial charge in [-0.3, -0.25) is 14.3 Å². The maximum atomic E-state index is 13.1. The third kappa shape index (κ3) is 3.44. The van der Waals surface area contributed by atoms with Gasteiger partial charge in [0.25, 0.3) is 10.0 Å². The predicted molar refractivity (Wildman–Crippen MR) is 111 cm³/mol. The number of nitrogens with zero attached hydrogens (tertiary/aromatic N) is 3. The first kappa shape index (κ1) is 18.4. The van der Waals surface area contributed by atoms with Gasteiger partial charge in [0.2, 0.25) is 0 Å². The maximum Gasteiger partial charge on any atom is 0.264 e. The van der Waals surface area contributed by atoms with Gasteiger partial charge in [0.1, 0.15) is 11.5 Å². The Balaban J connectivity index is 1.65. The number of aromatic nitrogens is 2. The van der Waals surface area contributed by atoms with Crippen molar-refractivity contribution in [2.45, 2.75) is 11.8 Å². The number of aryl methyl sites for hydroxylation is 1. The lowest BCUT2D eigenvalue weighted by Crippen LogP contribution is -2.26. The van der Waals surface area contributed by atoms with Crippen LogP contribution in [0.1, 0.15) is 5.69 Å². The lowest BCUT2D eigenvalue weighted by molar-refractivity contribution is 0.481. The first-order valence-corrected chi connectivity index (χ1v) is 10.8. The van der Waals surface area contributed by atoms with Crippen LogP contribution in [0.3, 0.4) is 0 Å². The molecule has 3 aromatic heterocycles. The van der Waals surface area contributed by atoms with Crippen molar-refractivity contribution in [3.8, 4) is 11.5 Å². The van der Waals surface area contributed by atoms with Crippen LogP contribution in [0.25, 0.3) is 10.2 Å². The first-order valence-electron chi connectivity index (χ1n) is 8.47. The van der Waals surface area contributed by atoms with E-state index >= 15 is 0 Å². The quantitative estimate of drug-likeness (QED) is 0.479. The highest BCUT2D eigenvalue weighted by molar-refractivity contribution is 7.92. The Morgan fingerprint density at radius 2 is 1.68 bits per heavy atom. The van der Waals surface area contributed by atoms with Crippen molar-refractivity contribution in [2.24, 2.45) is 0 Å². The number of rotatable bonds is 5. The molecule has 1 aromatic carbocycles. The van der Waals surface area contributed by atoms with Gasteiger partial charge < -0.3 is 4.74 Å². The molecule has 0 amide bonds. The zero-order chi connectivity index (χ0) is 19.7. The van der Waals surface area contributed by atoms with E-state index < -0.39 is 10.0 Å². The average Bonchev–Trinajstić information content (AvgIpc) is 3.16. The smallest absolute Gasteiger partial charge is 0.264 e. The van der Waals surface area contributed by atoms with E-state index in [4.69, 9.17) is 4.74 Å². The van der Waals surface area contributed by atoms with Crippen LogP contribution in [-0.2, 0) is 10.0 Å². The molecule has 4 aromatic rings. The predicted octanol–water partition coefficient (Wildman–Crippen LogP) is 4.62. The van der Waals surface area contributed by atoms with Crippen LogP contribution in [0.5, 0.6) is 11.5 Å². The molecule has 28 heavy (non-hydrogen) atoms.